The molecule has 0 aliphatic carbocycles. The zero-order valence-electron chi connectivity index (χ0n) is 13.5. The fourth-order valence-electron chi connectivity index (χ4n) is 3.08. The maximum absolute atomic E-state index is 11.2. The van der Waals surface area contributed by atoms with Crippen LogP contribution >= 0.6 is 11.3 Å². The van der Waals surface area contributed by atoms with E-state index in [0.29, 0.717) is 13.0 Å². The Morgan fingerprint density at radius 1 is 1.21 bits per heavy atom. The molecule has 1 aliphatic rings. The number of amides is 1. The lowest BCUT2D eigenvalue weighted by Crippen LogP contribution is -2.30. The Hall–Kier alpha value is -2.33. The lowest BCUT2D eigenvalue weighted by Gasteiger charge is -2.14. The van der Waals surface area contributed by atoms with Gasteiger partial charge in [-0.15, -0.1) is 11.3 Å². The van der Waals surface area contributed by atoms with Crippen molar-refractivity contribution in [1.82, 2.24) is 5.32 Å². The van der Waals surface area contributed by atoms with Crippen LogP contribution in [0.15, 0.2) is 48.5 Å². The monoisotopic (exact) mass is 337 g/mol. The Kier molecular flexibility index (Phi) is 3.98. The van der Waals surface area contributed by atoms with Crippen LogP contribution in [0, 0.1) is 6.92 Å². The van der Waals surface area contributed by atoms with Gasteiger partial charge in [0.05, 0.1) is 6.04 Å². The van der Waals surface area contributed by atoms with Gasteiger partial charge in [0, 0.05) is 16.0 Å². The summed E-state index contributed by atoms with van der Waals surface area (Å²) < 4.78 is 7.22. The van der Waals surface area contributed by atoms with Gasteiger partial charge in [-0.1, -0.05) is 18.2 Å². The molecular formula is C20H19NO2S. The minimum atomic E-state index is 0.125. The molecule has 1 atom stereocenters. The number of nitrogens with one attached hydrogen (secondary N) is 1. The number of rotatable bonds is 4. The van der Waals surface area contributed by atoms with E-state index < -0.39 is 0 Å². The minimum Gasteiger partial charge on any atom is -0.491 e. The van der Waals surface area contributed by atoms with Gasteiger partial charge >= 0.3 is 0 Å². The summed E-state index contributed by atoms with van der Waals surface area (Å²) in [7, 11) is 0. The molecule has 0 unspecified atom stereocenters. The van der Waals surface area contributed by atoms with E-state index in [1.807, 2.05) is 17.4 Å². The molecule has 4 rings (SSSR count). The smallest absolute Gasteiger partial charge is 0.220 e. The summed E-state index contributed by atoms with van der Waals surface area (Å²) in [5.74, 6) is 1.02. The molecule has 1 N–H and O–H groups in total. The predicted molar refractivity (Wildman–Crippen MR) is 98.7 cm³/mol. The minimum absolute atomic E-state index is 0.125. The summed E-state index contributed by atoms with van der Waals surface area (Å²) >= 11 is 1.81. The van der Waals surface area contributed by atoms with E-state index in [4.69, 9.17) is 4.74 Å². The number of fused-ring (bicyclic) bond motifs is 1. The van der Waals surface area contributed by atoms with Gasteiger partial charge in [-0.3, -0.25) is 4.79 Å². The van der Waals surface area contributed by atoms with Crippen molar-refractivity contribution in [1.29, 1.82) is 0 Å². The molecule has 2 heterocycles. The van der Waals surface area contributed by atoms with Crippen LogP contribution in [-0.2, 0) is 4.79 Å². The summed E-state index contributed by atoms with van der Waals surface area (Å²) in [6.45, 7) is 2.61. The average Bonchev–Trinajstić information content (AvgIpc) is 3.19. The number of thiophene rings is 1. The van der Waals surface area contributed by atoms with Gasteiger partial charge in [-0.25, -0.2) is 0 Å². The highest BCUT2D eigenvalue weighted by Gasteiger charge is 2.21. The molecule has 1 fully saturated rings. The van der Waals surface area contributed by atoms with Crippen molar-refractivity contribution in [3.63, 3.8) is 0 Å². The first kappa shape index (κ1) is 15.2. The first-order chi connectivity index (χ1) is 11.7. The number of carbonyl (C=O) groups excluding carboxylic acids is 1. The lowest BCUT2D eigenvalue weighted by atomic mass is 10.1. The Morgan fingerprint density at radius 3 is 2.83 bits per heavy atom. The summed E-state index contributed by atoms with van der Waals surface area (Å²) in [5, 5.41) is 4.22. The van der Waals surface area contributed by atoms with Crippen LogP contribution in [0.3, 0.4) is 0 Å². The van der Waals surface area contributed by atoms with Crippen LogP contribution in [0.5, 0.6) is 5.75 Å². The molecule has 0 spiro atoms. The van der Waals surface area contributed by atoms with Crippen molar-refractivity contribution >= 4 is 27.3 Å². The molecule has 2 aromatic carbocycles. The van der Waals surface area contributed by atoms with Crippen molar-refractivity contribution in [2.45, 2.75) is 25.8 Å². The maximum atomic E-state index is 11.2. The third-order valence-electron chi connectivity index (χ3n) is 4.41. The molecule has 0 saturated carbocycles. The fraction of sp³-hybridized carbons (Fsp3) is 0.250. The van der Waals surface area contributed by atoms with Crippen LogP contribution in [-0.4, -0.2) is 18.6 Å². The number of hydrogen-bond acceptors (Lipinski definition) is 3. The molecule has 3 aromatic rings. The normalized spacial score (nSPS) is 17.2. The lowest BCUT2D eigenvalue weighted by molar-refractivity contribution is -0.119. The van der Waals surface area contributed by atoms with E-state index in [1.165, 1.54) is 20.5 Å². The number of aryl methyl sites for hydroxylation is 1. The Labute approximate surface area is 145 Å². The van der Waals surface area contributed by atoms with Crippen LogP contribution in [0.2, 0.25) is 0 Å². The fourth-order valence-corrected chi connectivity index (χ4v) is 4.14. The van der Waals surface area contributed by atoms with Gasteiger partial charge in [0.1, 0.15) is 12.4 Å². The zero-order valence-corrected chi connectivity index (χ0v) is 14.4. The molecule has 1 amide bonds. The molecule has 1 saturated heterocycles. The zero-order chi connectivity index (χ0) is 16.5. The molecule has 0 bridgehead atoms. The Morgan fingerprint density at radius 2 is 2.08 bits per heavy atom. The molecule has 1 aromatic heterocycles. The van der Waals surface area contributed by atoms with Gasteiger partial charge in [-0.2, -0.15) is 0 Å². The highest BCUT2D eigenvalue weighted by Crippen LogP contribution is 2.35. The quantitative estimate of drug-likeness (QED) is 0.759. The van der Waals surface area contributed by atoms with Crippen molar-refractivity contribution in [3.05, 3.63) is 54.1 Å². The first-order valence-electron chi connectivity index (χ1n) is 8.21. The standard InChI is InChI=1S/C20H19NO2S/c1-13-10-15(19-11-14-4-2-3-5-18(14)24-19)6-8-17(13)23-12-16-7-9-20(22)21-16/h2-6,8,10-11,16H,7,9,12H2,1H3,(H,21,22)/t16-/m1/s1. The van der Waals surface area contributed by atoms with Crippen molar-refractivity contribution in [2.24, 2.45) is 0 Å². The summed E-state index contributed by atoms with van der Waals surface area (Å²) in [5.41, 5.74) is 2.34. The van der Waals surface area contributed by atoms with Gasteiger partial charge in [0.15, 0.2) is 0 Å². The summed E-state index contributed by atoms with van der Waals surface area (Å²) in [6, 6.07) is 17.1. The molecule has 3 nitrogen and oxygen atoms in total. The third kappa shape index (κ3) is 3.02. The maximum Gasteiger partial charge on any atom is 0.220 e. The SMILES string of the molecule is Cc1cc(-c2cc3ccccc3s2)ccc1OC[C@H]1CCC(=O)N1. The molecule has 122 valence electrons. The topological polar surface area (TPSA) is 38.3 Å². The van der Waals surface area contributed by atoms with Crippen molar-refractivity contribution < 1.29 is 9.53 Å². The van der Waals surface area contributed by atoms with E-state index in [1.54, 1.807) is 0 Å². The Balaban J connectivity index is 1.52. The molecular weight excluding hydrogens is 318 g/mol. The number of benzene rings is 2. The first-order valence-corrected chi connectivity index (χ1v) is 9.02. The molecule has 1 aliphatic heterocycles. The van der Waals surface area contributed by atoms with Crippen LogP contribution < -0.4 is 10.1 Å². The second-order valence-corrected chi connectivity index (χ2v) is 7.33. The number of carbonyl (C=O) groups is 1. The number of ether oxygens (including phenoxy) is 1. The van der Waals surface area contributed by atoms with Gasteiger partial charge < -0.3 is 10.1 Å². The second-order valence-electron chi connectivity index (χ2n) is 6.24. The number of hydrogen-bond donors (Lipinski definition) is 1. The van der Waals surface area contributed by atoms with Gasteiger partial charge in [0.25, 0.3) is 0 Å². The Bertz CT molecular complexity index is 867. The van der Waals surface area contributed by atoms with Crippen LogP contribution in [0.25, 0.3) is 20.5 Å². The third-order valence-corrected chi connectivity index (χ3v) is 5.58. The van der Waals surface area contributed by atoms with Crippen LogP contribution in [0.4, 0.5) is 0 Å². The van der Waals surface area contributed by atoms with E-state index in [9.17, 15) is 4.79 Å². The van der Waals surface area contributed by atoms with Crippen molar-refractivity contribution in [3.8, 4) is 16.2 Å². The highest BCUT2D eigenvalue weighted by molar-refractivity contribution is 7.22. The average molecular weight is 337 g/mol. The van der Waals surface area contributed by atoms with Crippen LogP contribution in [0.1, 0.15) is 18.4 Å². The van der Waals surface area contributed by atoms with E-state index in [0.717, 1.165) is 17.7 Å². The summed E-state index contributed by atoms with van der Waals surface area (Å²) in [6.07, 6.45) is 1.47. The molecule has 4 heteroatoms. The largest absolute Gasteiger partial charge is 0.491 e. The van der Waals surface area contributed by atoms with Crippen molar-refractivity contribution in [2.75, 3.05) is 6.61 Å². The van der Waals surface area contributed by atoms with Gasteiger partial charge in [0.2, 0.25) is 5.91 Å². The van der Waals surface area contributed by atoms with Gasteiger partial charge in [-0.05, 0) is 60.2 Å². The molecule has 0 radical (unpaired) electrons. The summed E-state index contributed by atoms with van der Waals surface area (Å²) in [4.78, 5) is 12.5. The van der Waals surface area contributed by atoms with E-state index in [2.05, 4.69) is 54.7 Å². The van der Waals surface area contributed by atoms with E-state index >= 15 is 0 Å². The second kappa shape index (κ2) is 6.29. The predicted octanol–water partition coefficient (Wildman–Crippen LogP) is 4.53. The highest BCUT2D eigenvalue weighted by atomic mass is 32.1. The molecule has 24 heavy (non-hydrogen) atoms. The van der Waals surface area contributed by atoms with E-state index in [-0.39, 0.29) is 11.9 Å².